The molecule has 0 unspecified atom stereocenters. The number of hydrogen-bond acceptors (Lipinski definition) is 5. The Labute approximate surface area is 99.8 Å². The summed E-state index contributed by atoms with van der Waals surface area (Å²) < 4.78 is 5.28. The second-order valence-corrected chi connectivity index (χ2v) is 3.88. The highest BCUT2D eigenvalue weighted by Crippen LogP contribution is 2.11. The number of carbonyl (C=O) groups excluding carboxylic acids is 1. The van der Waals surface area contributed by atoms with Crippen molar-refractivity contribution in [1.29, 1.82) is 0 Å². The molecular formula is C11H17N3O3. The quantitative estimate of drug-likeness (QED) is 0.704. The molecule has 6 heteroatoms. The molecule has 0 saturated carbocycles. The van der Waals surface area contributed by atoms with Gasteiger partial charge in [0.05, 0.1) is 19.1 Å². The minimum Gasteiger partial charge on any atom is -0.463 e. The van der Waals surface area contributed by atoms with E-state index >= 15 is 0 Å². The maximum Gasteiger partial charge on any atom is 0.316 e. The smallest absolute Gasteiger partial charge is 0.316 e. The van der Waals surface area contributed by atoms with Crippen molar-refractivity contribution in [3.63, 3.8) is 0 Å². The number of aliphatic hydroxyl groups is 1. The summed E-state index contributed by atoms with van der Waals surface area (Å²) in [6.07, 6.45) is 3.03. The van der Waals surface area contributed by atoms with Crippen molar-refractivity contribution in [1.82, 2.24) is 9.97 Å². The summed E-state index contributed by atoms with van der Waals surface area (Å²) in [5.74, 6) is -0.567. The Morgan fingerprint density at radius 1 is 1.53 bits per heavy atom. The molecule has 1 amide bonds. The largest absolute Gasteiger partial charge is 0.463 e. The van der Waals surface area contributed by atoms with Crippen molar-refractivity contribution in [2.75, 3.05) is 6.61 Å². The highest BCUT2D eigenvalue weighted by atomic mass is 16.5. The van der Waals surface area contributed by atoms with Gasteiger partial charge >= 0.3 is 6.01 Å². The molecule has 0 fully saturated rings. The fourth-order valence-corrected chi connectivity index (χ4v) is 1.30. The van der Waals surface area contributed by atoms with E-state index in [1.807, 2.05) is 6.92 Å². The Morgan fingerprint density at radius 3 is 2.76 bits per heavy atom. The van der Waals surface area contributed by atoms with Crippen molar-refractivity contribution in [2.24, 2.45) is 11.7 Å². The molecule has 6 nitrogen and oxygen atoms in total. The fourth-order valence-electron chi connectivity index (χ4n) is 1.30. The highest BCUT2D eigenvalue weighted by Gasteiger charge is 2.16. The zero-order valence-electron chi connectivity index (χ0n) is 9.74. The van der Waals surface area contributed by atoms with Gasteiger partial charge in [-0.2, -0.15) is 0 Å². The van der Waals surface area contributed by atoms with Gasteiger partial charge in [0.2, 0.25) is 5.91 Å². The van der Waals surface area contributed by atoms with E-state index in [2.05, 4.69) is 9.97 Å². The van der Waals surface area contributed by atoms with Gasteiger partial charge in [0, 0.05) is 12.4 Å². The molecule has 0 aliphatic carbocycles. The van der Waals surface area contributed by atoms with Crippen LogP contribution in [0.1, 0.15) is 19.8 Å². The predicted octanol–water partition coefficient (Wildman–Crippen LogP) is 0.118. The number of nitrogens with zero attached hydrogens (tertiary/aromatic N) is 2. The number of ether oxygens (including phenoxy) is 1. The molecule has 2 atom stereocenters. The van der Waals surface area contributed by atoms with E-state index in [1.54, 1.807) is 18.5 Å². The van der Waals surface area contributed by atoms with Gasteiger partial charge in [-0.25, -0.2) is 9.97 Å². The van der Waals surface area contributed by atoms with E-state index in [0.717, 1.165) is 0 Å². The SMILES string of the molecule is C[C@H](CCOc1ncccn1)[C@@H](O)CC(N)=O. The average molecular weight is 239 g/mol. The number of hydrogen-bond donors (Lipinski definition) is 2. The van der Waals surface area contributed by atoms with Crippen LogP contribution in [0.2, 0.25) is 0 Å². The third kappa shape index (κ3) is 5.26. The first-order chi connectivity index (χ1) is 8.09. The molecule has 1 aromatic heterocycles. The first-order valence-electron chi connectivity index (χ1n) is 5.45. The number of carbonyl (C=O) groups is 1. The standard InChI is InChI=1S/C11H17N3O3/c1-8(9(15)7-10(12)16)3-6-17-11-13-4-2-5-14-11/h2,4-5,8-9,15H,3,6-7H2,1H3,(H2,12,16)/t8-,9+/m1/s1. The van der Waals surface area contributed by atoms with Crippen LogP contribution in [0.25, 0.3) is 0 Å². The first-order valence-corrected chi connectivity index (χ1v) is 5.45. The van der Waals surface area contributed by atoms with Gasteiger partial charge in [-0.15, -0.1) is 0 Å². The molecule has 0 aliphatic heterocycles. The van der Waals surface area contributed by atoms with Crippen molar-refractivity contribution in [3.8, 4) is 6.01 Å². The van der Waals surface area contributed by atoms with Gasteiger partial charge in [0.1, 0.15) is 0 Å². The lowest BCUT2D eigenvalue weighted by Crippen LogP contribution is -2.26. The van der Waals surface area contributed by atoms with E-state index in [-0.39, 0.29) is 12.3 Å². The molecule has 17 heavy (non-hydrogen) atoms. The van der Waals surface area contributed by atoms with Crippen LogP contribution in [-0.4, -0.2) is 33.7 Å². The zero-order valence-corrected chi connectivity index (χ0v) is 9.74. The monoisotopic (exact) mass is 239 g/mol. The van der Waals surface area contributed by atoms with Crippen LogP contribution in [0.4, 0.5) is 0 Å². The number of rotatable bonds is 7. The molecule has 1 rings (SSSR count). The minimum absolute atomic E-state index is 0.0248. The maximum absolute atomic E-state index is 10.6. The van der Waals surface area contributed by atoms with Gasteiger partial charge in [0.25, 0.3) is 0 Å². The molecule has 1 aromatic rings. The molecule has 0 spiro atoms. The molecule has 3 N–H and O–H groups in total. The third-order valence-corrected chi connectivity index (χ3v) is 2.41. The maximum atomic E-state index is 10.6. The second kappa shape index (κ2) is 6.80. The van der Waals surface area contributed by atoms with E-state index in [4.69, 9.17) is 10.5 Å². The summed E-state index contributed by atoms with van der Waals surface area (Å²) in [5, 5.41) is 9.60. The summed E-state index contributed by atoms with van der Waals surface area (Å²) in [6, 6.07) is 2.01. The molecule has 0 aromatic carbocycles. The van der Waals surface area contributed by atoms with Crippen molar-refractivity contribution < 1.29 is 14.6 Å². The number of nitrogens with two attached hydrogens (primary N) is 1. The lowest BCUT2D eigenvalue weighted by Gasteiger charge is -2.17. The fraction of sp³-hybridized carbons (Fsp3) is 0.545. The Bertz CT molecular complexity index is 345. The van der Waals surface area contributed by atoms with E-state index in [1.165, 1.54) is 0 Å². The average Bonchev–Trinajstić information content (AvgIpc) is 2.29. The van der Waals surface area contributed by atoms with Crippen LogP contribution < -0.4 is 10.5 Å². The van der Waals surface area contributed by atoms with Gasteiger partial charge in [-0.1, -0.05) is 6.92 Å². The predicted molar refractivity (Wildman–Crippen MR) is 61.1 cm³/mol. The Balaban J connectivity index is 2.24. The molecule has 0 saturated heterocycles. The van der Waals surface area contributed by atoms with Gasteiger partial charge < -0.3 is 15.6 Å². The summed E-state index contributed by atoms with van der Waals surface area (Å²) in [5.41, 5.74) is 5.00. The Kier molecular flexibility index (Phi) is 5.35. The lowest BCUT2D eigenvalue weighted by atomic mass is 9.99. The van der Waals surface area contributed by atoms with Crippen LogP contribution in [0, 0.1) is 5.92 Å². The van der Waals surface area contributed by atoms with Crippen molar-refractivity contribution in [2.45, 2.75) is 25.9 Å². The lowest BCUT2D eigenvalue weighted by molar-refractivity contribution is -0.120. The van der Waals surface area contributed by atoms with Crippen LogP contribution in [-0.2, 0) is 4.79 Å². The van der Waals surface area contributed by atoms with Crippen molar-refractivity contribution >= 4 is 5.91 Å². The van der Waals surface area contributed by atoms with Crippen molar-refractivity contribution in [3.05, 3.63) is 18.5 Å². The minimum atomic E-state index is -0.729. The van der Waals surface area contributed by atoms with E-state index in [0.29, 0.717) is 19.0 Å². The van der Waals surface area contributed by atoms with Gasteiger partial charge in [-0.05, 0) is 18.4 Å². The zero-order chi connectivity index (χ0) is 12.7. The van der Waals surface area contributed by atoms with E-state index in [9.17, 15) is 9.90 Å². The summed E-state index contributed by atoms with van der Waals surface area (Å²) in [4.78, 5) is 18.4. The molecule has 0 bridgehead atoms. The molecule has 94 valence electrons. The van der Waals surface area contributed by atoms with Crippen LogP contribution in [0.5, 0.6) is 6.01 Å². The Morgan fingerprint density at radius 2 is 2.18 bits per heavy atom. The molecule has 1 heterocycles. The van der Waals surface area contributed by atoms with Crippen LogP contribution in [0.3, 0.4) is 0 Å². The molecule has 0 radical (unpaired) electrons. The summed E-state index contributed by atoms with van der Waals surface area (Å²) in [6.45, 7) is 2.23. The number of amides is 1. The summed E-state index contributed by atoms with van der Waals surface area (Å²) in [7, 11) is 0. The highest BCUT2D eigenvalue weighted by molar-refractivity contribution is 5.74. The number of primary amides is 1. The van der Waals surface area contributed by atoms with Crippen LogP contribution in [0.15, 0.2) is 18.5 Å². The van der Waals surface area contributed by atoms with Gasteiger partial charge in [-0.3, -0.25) is 4.79 Å². The number of aromatic nitrogens is 2. The van der Waals surface area contributed by atoms with E-state index < -0.39 is 12.0 Å². The second-order valence-electron chi connectivity index (χ2n) is 3.88. The van der Waals surface area contributed by atoms with Gasteiger partial charge in [0.15, 0.2) is 0 Å². The third-order valence-electron chi connectivity index (χ3n) is 2.41. The first kappa shape index (κ1) is 13.4. The number of aliphatic hydroxyl groups excluding tert-OH is 1. The van der Waals surface area contributed by atoms with Crippen LogP contribution >= 0.6 is 0 Å². The summed E-state index contributed by atoms with van der Waals surface area (Å²) >= 11 is 0. The normalized spacial score (nSPS) is 14.0. The molecule has 0 aliphatic rings. The topological polar surface area (TPSA) is 98.3 Å². The Hall–Kier alpha value is -1.69. The molecular weight excluding hydrogens is 222 g/mol.